The van der Waals surface area contributed by atoms with Gasteiger partial charge in [0.15, 0.2) is 6.29 Å². The molecule has 0 radical (unpaired) electrons. The largest absolute Gasteiger partial charge is 0.394 e. The number of ether oxygens (including phenoxy) is 4. The first-order valence-corrected chi connectivity index (χ1v) is 6.69. The minimum atomic E-state index is -1.43. The molecule has 0 aromatic carbocycles. The summed E-state index contributed by atoms with van der Waals surface area (Å²) in [4.78, 5) is 0. The van der Waals surface area contributed by atoms with Gasteiger partial charge in [0.1, 0.15) is 24.4 Å². The zero-order valence-electron chi connectivity index (χ0n) is 11.6. The Morgan fingerprint density at radius 2 is 1.55 bits per heavy atom. The second-order valence-electron chi connectivity index (χ2n) is 4.38. The van der Waals surface area contributed by atoms with Crippen molar-refractivity contribution in [3.63, 3.8) is 0 Å². The molecule has 4 N–H and O–H groups in total. The highest BCUT2D eigenvalue weighted by molar-refractivity contribution is 4.88. The van der Waals surface area contributed by atoms with Crippen LogP contribution in [-0.4, -0.2) is 90.8 Å². The van der Waals surface area contributed by atoms with Crippen molar-refractivity contribution < 1.29 is 39.4 Å². The minimum absolute atomic E-state index is 0.148. The van der Waals surface area contributed by atoms with Crippen LogP contribution in [0.3, 0.4) is 0 Å². The predicted octanol–water partition coefficient (Wildman–Crippen LogP) is -2.14. The molecule has 0 bridgehead atoms. The normalized spacial score (nSPS) is 34.4. The van der Waals surface area contributed by atoms with E-state index in [1.54, 1.807) is 0 Å². The van der Waals surface area contributed by atoms with Crippen molar-refractivity contribution in [3.05, 3.63) is 0 Å². The van der Waals surface area contributed by atoms with Crippen LogP contribution < -0.4 is 0 Å². The maximum Gasteiger partial charge on any atom is 0.186 e. The van der Waals surface area contributed by atoms with Crippen LogP contribution >= 0.6 is 0 Å². The van der Waals surface area contributed by atoms with Crippen LogP contribution in [0.15, 0.2) is 0 Å². The summed E-state index contributed by atoms with van der Waals surface area (Å²) in [6, 6.07) is 0. The van der Waals surface area contributed by atoms with Gasteiger partial charge in [-0.2, -0.15) is 0 Å². The van der Waals surface area contributed by atoms with Crippen LogP contribution in [0.25, 0.3) is 0 Å². The Morgan fingerprint density at radius 1 is 0.900 bits per heavy atom. The van der Waals surface area contributed by atoms with Crippen molar-refractivity contribution in [2.24, 2.45) is 0 Å². The lowest BCUT2D eigenvalue weighted by Crippen LogP contribution is -2.59. The maximum absolute atomic E-state index is 9.69. The predicted molar refractivity (Wildman–Crippen MR) is 67.0 cm³/mol. The molecule has 1 saturated heterocycles. The average Bonchev–Trinajstić information content (AvgIpc) is 2.46. The van der Waals surface area contributed by atoms with Crippen LogP contribution in [0.4, 0.5) is 0 Å². The van der Waals surface area contributed by atoms with Gasteiger partial charge in [-0.3, -0.25) is 0 Å². The van der Waals surface area contributed by atoms with Crippen LogP contribution in [-0.2, 0) is 18.9 Å². The smallest absolute Gasteiger partial charge is 0.186 e. The highest BCUT2D eigenvalue weighted by Crippen LogP contribution is 2.21. The summed E-state index contributed by atoms with van der Waals surface area (Å²) in [5, 5.41) is 37.8. The Bertz CT molecular complexity index is 250. The summed E-state index contributed by atoms with van der Waals surface area (Å²) in [6.45, 7) is 3.40. The lowest BCUT2D eigenvalue weighted by molar-refractivity contribution is -0.302. The molecule has 8 heteroatoms. The van der Waals surface area contributed by atoms with E-state index >= 15 is 0 Å². The van der Waals surface area contributed by atoms with Crippen molar-refractivity contribution in [2.75, 3.05) is 39.6 Å². The van der Waals surface area contributed by atoms with Gasteiger partial charge in [0.25, 0.3) is 0 Å². The van der Waals surface area contributed by atoms with Crippen LogP contribution in [0.2, 0.25) is 0 Å². The van der Waals surface area contributed by atoms with Gasteiger partial charge in [-0.05, 0) is 6.92 Å². The van der Waals surface area contributed by atoms with Gasteiger partial charge in [0.05, 0.1) is 33.0 Å². The molecular weight excluding hydrogens is 272 g/mol. The highest BCUT2D eigenvalue weighted by atomic mass is 16.7. The third-order valence-electron chi connectivity index (χ3n) is 2.93. The summed E-state index contributed by atoms with van der Waals surface area (Å²) >= 11 is 0. The molecule has 120 valence electrons. The van der Waals surface area contributed by atoms with Crippen molar-refractivity contribution >= 4 is 0 Å². The molecule has 0 saturated carbocycles. The van der Waals surface area contributed by atoms with Gasteiger partial charge in [-0.15, -0.1) is 0 Å². The molecule has 1 fully saturated rings. The first-order valence-electron chi connectivity index (χ1n) is 6.69. The summed E-state index contributed by atoms with van der Waals surface area (Å²) in [7, 11) is 0. The number of aliphatic hydroxyl groups excluding tert-OH is 4. The number of rotatable bonds is 9. The van der Waals surface area contributed by atoms with Crippen molar-refractivity contribution in [3.8, 4) is 0 Å². The van der Waals surface area contributed by atoms with Gasteiger partial charge in [-0.25, -0.2) is 0 Å². The van der Waals surface area contributed by atoms with E-state index in [1.807, 2.05) is 6.92 Å². The zero-order chi connectivity index (χ0) is 15.0. The molecule has 0 aromatic heterocycles. The van der Waals surface area contributed by atoms with Gasteiger partial charge in [0, 0.05) is 6.61 Å². The van der Waals surface area contributed by atoms with Gasteiger partial charge in [0.2, 0.25) is 0 Å². The Labute approximate surface area is 117 Å². The quantitative estimate of drug-likeness (QED) is 0.356. The summed E-state index contributed by atoms with van der Waals surface area (Å²) in [5.41, 5.74) is 0. The fraction of sp³-hybridized carbons (Fsp3) is 1.00. The van der Waals surface area contributed by atoms with Gasteiger partial charge in [-0.1, -0.05) is 0 Å². The fourth-order valence-corrected chi connectivity index (χ4v) is 1.79. The second kappa shape index (κ2) is 9.59. The molecule has 1 rings (SSSR count). The maximum atomic E-state index is 9.69. The van der Waals surface area contributed by atoms with E-state index in [0.29, 0.717) is 19.8 Å². The first-order chi connectivity index (χ1) is 9.61. The van der Waals surface area contributed by atoms with Crippen LogP contribution in [0, 0.1) is 0 Å². The monoisotopic (exact) mass is 296 g/mol. The van der Waals surface area contributed by atoms with Gasteiger partial charge >= 0.3 is 0 Å². The van der Waals surface area contributed by atoms with Crippen LogP contribution in [0.5, 0.6) is 0 Å². The van der Waals surface area contributed by atoms with E-state index in [0.717, 1.165) is 0 Å². The molecule has 1 aliphatic heterocycles. The van der Waals surface area contributed by atoms with Crippen molar-refractivity contribution in [2.45, 2.75) is 37.6 Å². The summed E-state index contributed by atoms with van der Waals surface area (Å²) < 4.78 is 20.7. The lowest BCUT2D eigenvalue weighted by Gasteiger charge is -2.39. The Hall–Kier alpha value is -0.320. The minimum Gasteiger partial charge on any atom is -0.394 e. The molecule has 0 aromatic rings. The molecule has 8 nitrogen and oxygen atoms in total. The molecule has 1 aliphatic rings. The van der Waals surface area contributed by atoms with E-state index in [4.69, 9.17) is 24.1 Å². The van der Waals surface area contributed by atoms with E-state index in [1.165, 1.54) is 0 Å². The topological polar surface area (TPSA) is 118 Å². The highest BCUT2D eigenvalue weighted by Gasteiger charge is 2.43. The Balaban J connectivity index is 2.21. The van der Waals surface area contributed by atoms with E-state index in [-0.39, 0.29) is 13.2 Å². The molecular formula is C12H24O8. The van der Waals surface area contributed by atoms with E-state index < -0.39 is 37.3 Å². The molecule has 0 spiro atoms. The molecule has 1 heterocycles. The summed E-state index contributed by atoms with van der Waals surface area (Å²) in [6.07, 6.45) is -6.25. The van der Waals surface area contributed by atoms with E-state index in [9.17, 15) is 15.3 Å². The van der Waals surface area contributed by atoms with Crippen LogP contribution in [0.1, 0.15) is 6.92 Å². The zero-order valence-corrected chi connectivity index (χ0v) is 11.6. The van der Waals surface area contributed by atoms with Crippen molar-refractivity contribution in [1.82, 2.24) is 0 Å². The SMILES string of the molecule is CCOCCOCCO[C@H]1OC(CO)[C@@H](O)C(O)C1O. The van der Waals surface area contributed by atoms with E-state index in [2.05, 4.69) is 0 Å². The molecule has 20 heavy (non-hydrogen) atoms. The lowest BCUT2D eigenvalue weighted by atomic mass is 9.99. The number of aliphatic hydroxyl groups is 4. The third kappa shape index (κ3) is 5.23. The number of hydrogen-bond donors (Lipinski definition) is 4. The second-order valence-corrected chi connectivity index (χ2v) is 4.38. The third-order valence-corrected chi connectivity index (χ3v) is 2.93. The Morgan fingerprint density at radius 3 is 2.20 bits per heavy atom. The molecule has 0 amide bonds. The van der Waals surface area contributed by atoms with Crippen molar-refractivity contribution in [1.29, 1.82) is 0 Å². The number of hydrogen-bond acceptors (Lipinski definition) is 8. The molecule has 3 unspecified atom stereocenters. The van der Waals surface area contributed by atoms with Gasteiger partial charge < -0.3 is 39.4 Å². The molecule has 5 atom stereocenters. The fourth-order valence-electron chi connectivity index (χ4n) is 1.79. The molecule has 0 aliphatic carbocycles. The average molecular weight is 296 g/mol. The Kier molecular flexibility index (Phi) is 8.50. The summed E-state index contributed by atoms with van der Waals surface area (Å²) in [5.74, 6) is 0. The first kappa shape index (κ1) is 17.7. The standard InChI is InChI=1S/C12H24O8/c1-2-17-3-4-18-5-6-19-12-11(16)10(15)9(14)8(7-13)20-12/h8-16H,2-7H2,1H3/t8?,9-,10?,11?,12+/m1/s1.